The Morgan fingerprint density at radius 2 is 2.17 bits per heavy atom. The number of hydrogen-bond acceptors (Lipinski definition) is 3. The summed E-state index contributed by atoms with van der Waals surface area (Å²) in [7, 11) is 3.29. The first kappa shape index (κ1) is 9.00. The van der Waals surface area contributed by atoms with E-state index in [1.165, 1.54) is 13.2 Å². The maximum atomic E-state index is 9.21. The van der Waals surface area contributed by atoms with Gasteiger partial charge in [0.1, 0.15) is 11.5 Å². The van der Waals surface area contributed by atoms with Gasteiger partial charge in [0.05, 0.1) is 17.8 Å². The Bertz CT molecular complexity index is 260. The van der Waals surface area contributed by atoms with E-state index < -0.39 is 0 Å². The number of phenols is 1. The Labute approximate surface area is 75.9 Å². The summed E-state index contributed by atoms with van der Waals surface area (Å²) in [5.74, 6) is 0.590. The molecule has 0 spiro atoms. The minimum Gasteiger partial charge on any atom is -0.506 e. The molecule has 2 N–H and O–H groups in total. The van der Waals surface area contributed by atoms with Crippen LogP contribution in [0.25, 0.3) is 0 Å². The molecule has 0 aliphatic carbocycles. The van der Waals surface area contributed by atoms with Crippen molar-refractivity contribution in [2.75, 3.05) is 19.5 Å². The number of hydrogen-bond donors (Lipinski definition) is 2. The Morgan fingerprint density at radius 1 is 1.50 bits per heavy atom. The van der Waals surface area contributed by atoms with Crippen molar-refractivity contribution >= 4 is 17.3 Å². The molecule has 0 amide bonds. The number of methoxy groups -OCH3 is 1. The van der Waals surface area contributed by atoms with Gasteiger partial charge in [-0.05, 0) is 6.07 Å². The third-order valence-electron chi connectivity index (χ3n) is 1.54. The first-order valence-electron chi connectivity index (χ1n) is 3.43. The molecule has 0 saturated heterocycles. The number of phenolic OH excluding ortho intramolecular Hbond substituents is 1. The van der Waals surface area contributed by atoms with Gasteiger partial charge in [0, 0.05) is 13.1 Å². The van der Waals surface area contributed by atoms with Crippen molar-refractivity contribution in [2.45, 2.75) is 0 Å². The van der Waals surface area contributed by atoms with Crippen molar-refractivity contribution in [2.24, 2.45) is 0 Å². The summed E-state index contributed by atoms with van der Waals surface area (Å²) in [6.45, 7) is 0. The molecule has 0 unspecified atom stereocenters. The summed E-state index contributed by atoms with van der Waals surface area (Å²) < 4.78 is 4.99. The van der Waals surface area contributed by atoms with Gasteiger partial charge in [-0.25, -0.2) is 0 Å². The zero-order valence-electron chi connectivity index (χ0n) is 6.89. The Balaban J connectivity index is 3.19. The third-order valence-corrected chi connectivity index (χ3v) is 1.84. The molecule has 0 radical (unpaired) electrons. The van der Waals surface area contributed by atoms with E-state index in [1.54, 1.807) is 13.1 Å². The fourth-order valence-electron chi connectivity index (χ4n) is 0.907. The molecule has 0 aliphatic rings. The Morgan fingerprint density at radius 3 is 2.67 bits per heavy atom. The molecular formula is C8H10ClNO2. The predicted octanol–water partition coefficient (Wildman–Crippen LogP) is 2.10. The lowest BCUT2D eigenvalue weighted by atomic mass is 10.3. The summed E-state index contributed by atoms with van der Waals surface area (Å²) in [6, 6.07) is 3.07. The van der Waals surface area contributed by atoms with E-state index in [-0.39, 0.29) is 5.75 Å². The van der Waals surface area contributed by atoms with E-state index in [0.717, 1.165) is 5.69 Å². The number of nitrogens with one attached hydrogen (secondary N) is 1. The van der Waals surface area contributed by atoms with E-state index in [4.69, 9.17) is 16.3 Å². The zero-order chi connectivity index (χ0) is 9.14. The second-order valence-corrected chi connectivity index (χ2v) is 2.66. The zero-order valence-corrected chi connectivity index (χ0v) is 7.64. The molecule has 3 nitrogen and oxygen atoms in total. The molecule has 0 fully saturated rings. The second-order valence-electron chi connectivity index (χ2n) is 2.25. The van der Waals surface area contributed by atoms with Gasteiger partial charge in [-0.3, -0.25) is 0 Å². The maximum Gasteiger partial charge on any atom is 0.145 e. The topological polar surface area (TPSA) is 41.5 Å². The number of rotatable bonds is 2. The first-order valence-corrected chi connectivity index (χ1v) is 3.81. The number of halogens is 1. The standard InChI is InChI=1S/C8H10ClNO2/c1-10-6-3-5(9)7(11)4-8(6)12-2/h3-4,10-11H,1-2H3. The van der Waals surface area contributed by atoms with Gasteiger partial charge in [-0.15, -0.1) is 0 Å². The molecule has 4 heteroatoms. The normalized spacial score (nSPS) is 9.58. The van der Waals surface area contributed by atoms with Gasteiger partial charge < -0.3 is 15.2 Å². The molecule has 66 valence electrons. The van der Waals surface area contributed by atoms with Gasteiger partial charge in [-0.1, -0.05) is 11.6 Å². The van der Waals surface area contributed by atoms with Crippen LogP contribution < -0.4 is 10.1 Å². The van der Waals surface area contributed by atoms with Crippen LogP contribution in [0.2, 0.25) is 5.02 Å². The molecule has 1 aromatic rings. The maximum absolute atomic E-state index is 9.21. The lowest BCUT2D eigenvalue weighted by molar-refractivity contribution is 0.409. The van der Waals surface area contributed by atoms with E-state index in [9.17, 15) is 5.11 Å². The summed E-state index contributed by atoms with van der Waals surface area (Å²) in [6.07, 6.45) is 0. The van der Waals surface area contributed by atoms with Crippen LogP contribution in [0.15, 0.2) is 12.1 Å². The quantitative estimate of drug-likeness (QED) is 0.697. The average Bonchev–Trinajstić information content (AvgIpc) is 2.09. The number of benzene rings is 1. The smallest absolute Gasteiger partial charge is 0.145 e. The van der Waals surface area contributed by atoms with Gasteiger partial charge in [0.25, 0.3) is 0 Å². The molecule has 0 heterocycles. The fourth-order valence-corrected chi connectivity index (χ4v) is 1.07. The van der Waals surface area contributed by atoms with Crippen LogP contribution in [0.4, 0.5) is 5.69 Å². The minimum absolute atomic E-state index is 0.0208. The van der Waals surface area contributed by atoms with Crippen LogP contribution in [0.1, 0.15) is 0 Å². The summed E-state index contributed by atoms with van der Waals surface area (Å²) in [5, 5.41) is 12.4. The lowest BCUT2D eigenvalue weighted by Crippen LogP contribution is -1.93. The molecule has 12 heavy (non-hydrogen) atoms. The molecule has 1 aromatic carbocycles. The Hall–Kier alpha value is -1.09. The molecule has 0 aliphatic heterocycles. The lowest BCUT2D eigenvalue weighted by Gasteiger charge is -2.08. The molecule has 0 aromatic heterocycles. The number of ether oxygens (including phenoxy) is 1. The van der Waals surface area contributed by atoms with Crippen LogP contribution >= 0.6 is 11.6 Å². The van der Waals surface area contributed by atoms with E-state index in [2.05, 4.69) is 5.32 Å². The minimum atomic E-state index is 0.0208. The molecule has 0 atom stereocenters. The van der Waals surface area contributed by atoms with Crippen molar-refractivity contribution in [1.82, 2.24) is 0 Å². The second kappa shape index (κ2) is 3.54. The summed E-state index contributed by atoms with van der Waals surface area (Å²) in [4.78, 5) is 0. The summed E-state index contributed by atoms with van der Waals surface area (Å²) in [5.41, 5.74) is 0.750. The number of anilines is 1. The van der Waals surface area contributed by atoms with Crippen LogP contribution in [0.3, 0.4) is 0 Å². The molecule has 0 saturated carbocycles. The van der Waals surface area contributed by atoms with Crippen molar-refractivity contribution in [3.05, 3.63) is 17.2 Å². The van der Waals surface area contributed by atoms with Crippen LogP contribution in [0, 0.1) is 0 Å². The predicted molar refractivity (Wildman–Crippen MR) is 49.2 cm³/mol. The van der Waals surface area contributed by atoms with Crippen molar-refractivity contribution < 1.29 is 9.84 Å². The monoisotopic (exact) mass is 187 g/mol. The average molecular weight is 188 g/mol. The van der Waals surface area contributed by atoms with Gasteiger partial charge in [0.2, 0.25) is 0 Å². The highest BCUT2D eigenvalue weighted by molar-refractivity contribution is 6.32. The molecule has 0 bridgehead atoms. The van der Waals surface area contributed by atoms with Gasteiger partial charge in [-0.2, -0.15) is 0 Å². The van der Waals surface area contributed by atoms with E-state index in [1.807, 2.05) is 0 Å². The van der Waals surface area contributed by atoms with Gasteiger partial charge in [0.15, 0.2) is 0 Å². The first-order chi connectivity index (χ1) is 5.69. The van der Waals surface area contributed by atoms with E-state index >= 15 is 0 Å². The van der Waals surface area contributed by atoms with Crippen molar-refractivity contribution in [3.63, 3.8) is 0 Å². The Kier molecular flexibility index (Phi) is 2.65. The van der Waals surface area contributed by atoms with Crippen LogP contribution in [-0.4, -0.2) is 19.3 Å². The van der Waals surface area contributed by atoms with Crippen molar-refractivity contribution in [1.29, 1.82) is 0 Å². The van der Waals surface area contributed by atoms with Gasteiger partial charge >= 0.3 is 0 Å². The number of aromatic hydroxyl groups is 1. The fraction of sp³-hybridized carbons (Fsp3) is 0.250. The molecular weight excluding hydrogens is 178 g/mol. The van der Waals surface area contributed by atoms with Crippen LogP contribution in [0.5, 0.6) is 11.5 Å². The largest absolute Gasteiger partial charge is 0.506 e. The highest BCUT2D eigenvalue weighted by Crippen LogP contribution is 2.34. The van der Waals surface area contributed by atoms with Crippen molar-refractivity contribution in [3.8, 4) is 11.5 Å². The summed E-state index contributed by atoms with van der Waals surface area (Å²) >= 11 is 5.68. The van der Waals surface area contributed by atoms with E-state index in [0.29, 0.717) is 10.8 Å². The highest BCUT2D eigenvalue weighted by atomic mass is 35.5. The third kappa shape index (κ3) is 1.56. The van der Waals surface area contributed by atoms with Crippen LogP contribution in [-0.2, 0) is 0 Å². The molecule has 1 rings (SSSR count). The SMILES string of the molecule is CNc1cc(Cl)c(O)cc1OC. The highest BCUT2D eigenvalue weighted by Gasteiger charge is 2.06.